The minimum atomic E-state index is 0. The quantitative estimate of drug-likeness (QED) is 0.398. The fourth-order valence-electron chi connectivity index (χ4n) is 0. The molecule has 0 amide bonds. The molecule has 7 heavy (non-hydrogen) atoms. The molecule has 0 fully saturated rings. The molecule has 54 valence electrons. The van der Waals surface area contributed by atoms with Gasteiger partial charge < -0.3 is 67.5 Å². The fraction of sp³-hybridized carbons (Fsp3) is 0. The van der Waals surface area contributed by atoms with Crippen molar-refractivity contribution in [3.63, 3.8) is 0 Å². The summed E-state index contributed by atoms with van der Waals surface area (Å²) in [4.78, 5) is 0. The molecule has 1 nitrogen and oxygen atoms in total. The van der Waals surface area contributed by atoms with Crippen LogP contribution < -0.4 is 62.0 Å². The second kappa shape index (κ2) is 96.1. The van der Waals surface area contributed by atoms with Crippen LogP contribution in [0.4, 0.5) is 0 Å². The van der Waals surface area contributed by atoms with E-state index in [1.54, 1.807) is 0 Å². The average Bonchev–Trinajstić information content (AvgIpc) is 0. The van der Waals surface area contributed by atoms with Crippen molar-refractivity contribution in [3.8, 4) is 0 Å². The van der Waals surface area contributed by atoms with Crippen LogP contribution in [0.5, 0.6) is 0 Å². The predicted octanol–water partition coefficient (Wildman–Crippen LogP) is -15.8. The Bertz CT molecular complexity index is 8.04. The molecule has 0 radical (unpaired) electrons. The first-order chi connectivity index (χ1) is 0. The summed E-state index contributed by atoms with van der Waals surface area (Å²) in [6, 6.07) is 0. The summed E-state index contributed by atoms with van der Waals surface area (Å²) in [5, 5.41) is 0. The van der Waals surface area contributed by atoms with Crippen LogP contribution in [0.15, 0.2) is 0 Å². The molecule has 0 aliphatic heterocycles. The van der Waals surface area contributed by atoms with Crippen molar-refractivity contribution in [1.29, 1.82) is 0 Å². The molecule has 0 spiro atoms. The van der Waals surface area contributed by atoms with Crippen molar-refractivity contribution in [2.45, 2.75) is 0 Å². The van der Waals surface area contributed by atoms with Gasteiger partial charge in [0.05, 0.1) is 0 Å². The number of halogens is 5. The Kier molecular flexibility index (Phi) is 1940. The number of hydrogen-bond acceptors (Lipinski definition) is 0. The van der Waals surface area contributed by atoms with Gasteiger partial charge in [0, 0.05) is 0 Å². The van der Waals surface area contributed by atoms with Crippen LogP contribution in [-0.4, -0.2) is 5.48 Å². The largest absolute Gasteiger partial charge is 2.00 e. The maximum Gasteiger partial charge on any atom is 2.00 e. The Labute approximate surface area is 86.5 Å². The second-order valence-corrected chi connectivity index (χ2v) is 0. The van der Waals surface area contributed by atoms with Crippen molar-refractivity contribution >= 4 is 0 Å². The van der Waals surface area contributed by atoms with Gasteiger partial charge in [0.2, 0.25) is 0 Å². The Hall–Kier alpha value is 2.03. The molecule has 0 atom stereocenters. The van der Waals surface area contributed by atoms with Gasteiger partial charge in [-0.1, -0.05) is 0 Å². The molecule has 0 aliphatic carbocycles. The van der Waals surface area contributed by atoms with E-state index >= 15 is 0 Å². The summed E-state index contributed by atoms with van der Waals surface area (Å²) in [5.74, 6) is 0. The van der Waals surface area contributed by atoms with Crippen LogP contribution in [0.1, 0.15) is 0 Å². The van der Waals surface area contributed by atoms with Crippen LogP contribution >= 0.6 is 0 Å². The van der Waals surface area contributed by atoms with E-state index in [0.717, 1.165) is 0 Å². The van der Waals surface area contributed by atoms with Crippen molar-refractivity contribution in [3.05, 3.63) is 0 Å². The van der Waals surface area contributed by atoms with Crippen LogP contribution in [0.2, 0.25) is 0 Å². The van der Waals surface area contributed by atoms with Gasteiger partial charge in [-0.2, -0.15) is 0 Å². The summed E-state index contributed by atoms with van der Waals surface area (Å²) in [6.45, 7) is 0. The van der Waals surface area contributed by atoms with Crippen LogP contribution in [0, 0.1) is 0 Å². The maximum absolute atomic E-state index is 0. The minimum Gasteiger partial charge on any atom is -1.00 e. The second-order valence-electron chi connectivity index (χ2n) is 0. The van der Waals surface area contributed by atoms with Gasteiger partial charge in [-0.25, -0.2) is 0 Å². The minimum absolute atomic E-state index is 0. The molecule has 0 aromatic rings. The topological polar surface area (TPSA) is 31.5 Å². The van der Waals surface area contributed by atoms with E-state index < -0.39 is 0 Å². The fourth-order valence-corrected chi connectivity index (χ4v) is 0. The van der Waals surface area contributed by atoms with Gasteiger partial charge in [0.25, 0.3) is 0 Å². The average molecular weight is 296 g/mol. The van der Waals surface area contributed by atoms with E-state index in [1.165, 1.54) is 0 Å². The Balaban J connectivity index is 0. The summed E-state index contributed by atoms with van der Waals surface area (Å²) in [5.41, 5.74) is 0. The third-order valence-electron chi connectivity index (χ3n) is 0. The molecule has 0 aliphatic rings. The van der Waals surface area contributed by atoms with Crippen molar-refractivity contribution in [1.82, 2.24) is 0 Å². The molecular formula is H2Cl5ORu-3. The van der Waals surface area contributed by atoms with Gasteiger partial charge in [-0.15, -0.1) is 0 Å². The molecule has 0 aromatic carbocycles. The van der Waals surface area contributed by atoms with Crippen LogP contribution in [-0.2, 0) is 19.5 Å². The molecule has 2 N–H and O–H groups in total. The smallest absolute Gasteiger partial charge is 1.00 e. The van der Waals surface area contributed by atoms with Crippen LogP contribution in [0.25, 0.3) is 0 Å². The molecule has 0 saturated heterocycles. The van der Waals surface area contributed by atoms with E-state index in [2.05, 4.69) is 0 Å². The molecular weight excluding hydrogens is 294 g/mol. The number of hydrogen-bond donors (Lipinski definition) is 0. The molecule has 0 heterocycles. The zero-order valence-electron chi connectivity index (χ0n) is 2.74. The monoisotopic (exact) mass is 295 g/mol. The zero-order chi connectivity index (χ0) is 0. The molecule has 7 heteroatoms. The van der Waals surface area contributed by atoms with E-state index in [9.17, 15) is 0 Å². The third-order valence-corrected chi connectivity index (χ3v) is 0. The van der Waals surface area contributed by atoms with E-state index in [4.69, 9.17) is 0 Å². The van der Waals surface area contributed by atoms with Gasteiger partial charge >= 0.3 is 19.5 Å². The van der Waals surface area contributed by atoms with Gasteiger partial charge in [-0.05, 0) is 0 Å². The van der Waals surface area contributed by atoms with Crippen LogP contribution in [0.3, 0.4) is 0 Å². The molecule has 0 aromatic heterocycles. The maximum atomic E-state index is 0. The molecule has 0 saturated carbocycles. The SMILES string of the molecule is O.[Cl-].[Cl-].[Cl-].[Cl-].[Cl-].[Ru+2]. The molecule has 0 rings (SSSR count). The first-order valence-electron chi connectivity index (χ1n) is 0. The van der Waals surface area contributed by atoms with Crippen molar-refractivity contribution in [2.75, 3.05) is 0 Å². The predicted molar refractivity (Wildman–Crippen MR) is 3.61 cm³/mol. The van der Waals surface area contributed by atoms with E-state index in [0.29, 0.717) is 0 Å². The van der Waals surface area contributed by atoms with E-state index in [-0.39, 0.29) is 87.0 Å². The first kappa shape index (κ1) is 141. The Morgan fingerprint density at radius 3 is 0.429 bits per heavy atom. The summed E-state index contributed by atoms with van der Waals surface area (Å²) < 4.78 is 0. The number of rotatable bonds is 0. The zero-order valence-corrected chi connectivity index (χ0v) is 8.26. The summed E-state index contributed by atoms with van der Waals surface area (Å²) >= 11 is 0. The Morgan fingerprint density at radius 2 is 0.429 bits per heavy atom. The third kappa shape index (κ3) is 70.7. The standard InChI is InChI=1S/5ClH.H2O.Ru/h5*1H;1H2;/q;;;;;;+2/p-5. The summed E-state index contributed by atoms with van der Waals surface area (Å²) in [6.07, 6.45) is 0. The van der Waals surface area contributed by atoms with Crippen molar-refractivity contribution < 1.29 is 87.0 Å². The van der Waals surface area contributed by atoms with E-state index in [1.807, 2.05) is 0 Å². The Morgan fingerprint density at radius 1 is 0.429 bits per heavy atom. The first-order valence-corrected chi connectivity index (χ1v) is 0. The molecule has 0 bridgehead atoms. The van der Waals surface area contributed by atoms with Gasteiger partial charge in [0.1, 0.15) is 0 Å². The van der Waals surface area contributed by atoms with Gasteiger partial charge in [-0.3, -0.25) is 0 Å². The summed E-state index contributed by atoms with van der Waals surface area (Å²) in [7, 11) is 0. The normalized spacial score (nSPS) is 0. The van der Waals surface area contributed by atoms with Gasteiger partial charge in [0.15, 0.2) is 0 Å². The molecule has 0 unspecified atom stereocenters. The van der Waals surface area contributed by atoms with Crippen molar-refractivity contribution in [2.24, 2.45) is 0 Å².